The minimum Gasteiger partial charge on any atom is -0.324 e. The molecule has 98 valence electrons. The molecular weight excluding hydrogens is 297 g/mol. The Morgan fingerprint density at radius 2 is 2.11 bits per heavy atom. The molecule has 1 unspecified atom stereocenters. The fourth-order valence-corrected chi connectivity index (χ4v) is 2.96. The van der Waals surface area contributed by atoms with E-state index < -0.39 is 0 Å². The van der Waals surface area contributed by atoms with E-state index in [4.69, 9.17) is 0 Å². The molecule has 0 aromatic heterocycles. The summed E-state index contributed by atoms with van der Waals surface area (Å²) in [5, 5.41) is 2.83. The molecule has 0 saturated carbocycles. The number of rotatable bonds is 5. The van der Waals surface area contributed by atoms with Crippen LogP contribution in [-0.2, 0) is 4.79 Å². The molecule has 2 nitrogen and oxygen atoms in total. The highest BCUT2D eigenvalue weighted by atomic mass is 79.9. The summed E-state index contributed by atoms with van der Waals surface area (Å²) in [5.74, 6) is -0.493. The number of anilines is 1. The molecular formula is C14H17BrFNO. The summed E-state index contributed by atoms with van der Waals surface area (Å²) < 4.78 is 14.0. The number of nitrogens with one attached hydrogen (secondary N) is 1. The first-order chi connectivity index (χ1) is 8.63. The van der Waals surface area contributed by atoms with Crippen molar-refractivity contribution in [2.24, 2.45) is 0 Å². The first-order valence-corrected chi connectivity index (χ1v) is 7.22. The van der Waals surface area contributed by atoms with E-state index in [2.05, 4.69) is 28.2 Å². The lowest BCUT2D eigenvalue weighted by Gasteiger charge is -2.08. The van der Waals surface area contributed by atoms with Crippen molar-refractivity contribution in [3.05, 3.63) is 28.0 Å². The third-order valence-corrected chi connectivity index (χ3v) is 4.00. The van der Waals surface area contributed by atoms with Crippen LogP contribution in [0.15, 0.2) is 16.6 Å². The van der Waals surface area contributed by atoms with Gasteiger partial charge in [-0.1, -0.05) is 32.6 Å². The van der Waals surface area contributed by atoms with Crippen molar-refractivity contribution >= 4 is 27.5 Å². The maximum absolute atomic E-state index is 13.4. The second-order valence-electron chi connectivity index (χ2n) is 4.74. The highest BCUT2D eigenvalue weighted by Gasteiger charge is 2.31. The van der Waals surface area contributed by atoms with Gasteiger partial charge in [-0.2, -0.15) is 0 Å². The molecule has 1 heterocycles. The molecule has 0 spiro atoms. The molecule has 0 saturated heterocycles. The summed E-state index contributed by atoms with van der Waals surface area (Å²) in [6.45, 7) is 2.16. The zero-order valence-corrected chi connectivity index (χ0v) is 12.0. The lowest BCUT2D eigenvalue weighted by atomic mass is 9.94. The maximum Gasteiger partial charge on any atom is 0.232 e. The van der Waals surface area contributed by atoms with Gasteiger partial charge in [-0.05, 0) is 40.0 Å². The van der Waals surface area contributed by atoms with Gasteiger partial charge in [0.25, 0.3) is 0 Å². The number of hydrogen-bond acceptors (Lipinski definition) is 1. The minimum absolute atomic E-state index is 0.00667. The van der Waals surface area contributed by atoms with Gasteiger partial charge in [0.15, 0.2) is 0 Å². The summed E-state index contributed by atoms with van der Waals surface area (Å²) in [6, 6.07) is 2.86. The number of carbonyl (C=O) groups is 1. The van der Waals surface area contributed by atoms with E-state index >= 15 is 0 Å². The quantitative estimate of drug-likeness (QED) is 0.791. The van der Waals surface area contributed by atoms with E-state index in [-0.39, 0.29) is 17.6 Å². The molecule has 0 aliphatic carbocycles. The number of halogens is 2. The topological polar surface area (TPSA) is 29.1 Å². The Morgan fingerprint density at radius 1 is 1.33 bits per heavy atom. The van der Waals surface area contributed by atoms with Crippen molar-refractivity contribution in [2.45, 2.75) is 44.9 Å². The monoisotopic (exact) mass is 313 g/mol. The maximum atomic E-state index is 13.4. The molecule has 1 aliphatic rings. The SMILES string of the molecule is CCCCCCC1C(=O)Nc2c(Br)cc(F)cc21. The van der Waals surface area contributed by atoms with Gasteiger partial charge in [0.1, 0.15) is 5.82 Å². The molecule has 1 N–H and O–H groups in total. The minimum atomic E-state index is -0.296. The van der Waals surface area contributed by atoms with Gasteiger partial charge in [-0.25, -0.2) is 4.39 Å². The van der Waals surface area contributed by atoms with Crippen LogP contribution in [0, 0.1) is 5.82 Å². The normalized spacial score (nSPS) is 17.7. The van der Waals surface area contributed by atoms with E-state index in [1.54, 1.807) is 0 Å². The van der Waals surface area contributed by atoms with Gasteiger partial charge < -0.3 is 5.32 Å². The third kappa shape index (κ3) is 2.74. The standard InChI is InChI=1S/C14H17BrFNO/c1-2-3-4-5-6-10-11-7-9(16)8-12(15)13(11)17-14(10)18/h7-8,10H,2-6H2,1H3,(H,17,18). The lowest BCUT2D eigenvalue weighted by molar-refractivity contribution is -0.117. The molecule has 18 heavy (non-hydrogen) atoms. The summed E-state index contributed by atoms with van der Waals surface area (Å²) >= 11 is 3.29. The summed E-state index contributed by atoms with van der Waals surface area (Å²) in [5.41, 5.74) is 1.53. The predicted molar refractivity (Wildman–Crippen MR) is 74.2 cm³/mol. The molecule has 1 atom stereocenters. The van der Waals surface area contributed by atoms with Gasteiger partial charge in [-0.3, -0.25) is 4.79 Å². The van der Waals surface area contributed by atoms with Crippen LogP contribution in [0.3, 0.4) is 0 Å². The summed E-state index contributed by atoms with van der Waals surface area (Å²) in [7, 11) is 0. The summed E-state index contributed by atoms with van der Waals surface area (Å²) in [4.78, 5) is 11.9. The first-order valence-electron chi connectivity index (χ1n) is 6.43. The Hall–Kier alpha value is -0.900. The largest absolute Gasteiger partial charge is 0.324 e. The van der Waals surface area contributed by atoms with Gasteiger partial charge >= 0.3 is 0 Å². The van der Waals surface area contributed by atoms with Crippen LogP contribution in [0.5, 0.6) is 0 Å². The predicted octanol–water partition coefficient (Wildman–Crippen LogP) is 4.59. The zero-order chi connectivity index (χ0) is 13.1. The lowest BCUT2D eigenvalue weighted by Crippen LogP contribution is -2.11. The average Bonchev–Trinajstić information content (AvgIpc) is 2.62. The van der Waals surface area contributed by atoms with E-state index in [0.29, 0.717) is 4.47 Å². The van der Waals surface area contributed by atoms with Crippen LogP contribution in [0.25, 0.3) is 0 Å². The number of unbranched alkanes of at least 4 members (excludes halogenated alkanes) is 3. The second kappa shape index (κ2) is 5.83. The Kier molecular flexibility index (Phi) is 4.38. The van der Waals surface area contributed by atoms with Crippen molar-refractivity contribution in [2.75, 3.05) is 5.32 Å². The molecule has 1 amide bonds. The first kappa shape index (κ1) is 13.5. The number of carbonyl (C=O) groups excluding carboxylic acids is 1. The van der Waals surface area contributed by atoms with Crippen LogP contribution < -0.4 is 5.32 Å². The highest BCUT2D eigenvalue weighted by molar-refractivity contribution is 9.10. The molecule has 4 heteroatoms. The highest BCUT2D eigenvalue weighted by Crippen LogP contribution is 2.40. The Labute approximate surface area is 115 Å². The van der Waals surface area contributed by atoms with Crippen molar-refractivity contribution in [1.29, 1.82) is 0 Å². The smallest absolute Gasteiger partial charge is 0.232 e. The molecule has 2 rings (SSSR count). The van der Waals surface area contributed by atoms with E-state index in [1.165, 1.54) is 25.0 Å². The van der Waals surface area contributed by atoms with Crippen LogP contribution in [0.4, 0.5) is 10.1 Å². The second-order valence-corrected chi connectivity index (χ2v) is 5.60. The van der Waals surface area contributed by atoms with Crippen LogP contribution >= 0.6 is 15.9 Å². The van der Waals surface area contributed by atoms with Crippen LogP contribution in [0.2, 0.25) is 0 Å². The van der Waals surface area contributed by atoms with E-state index in [0.717, 1.165) is 30.5 Å². The third-order valence-electron chi connectivity index (χ3n) is 3.37. The molecule has 0 fully saturated rings. The molecule has 1 aromatic rings. The van der Waals surface area contributed by atoms with Crippen molar-refractivity contribution in [3.8, 4) is 0 Å². The van der Waals surface area contributed by atoms with Crippen LogP contribution in [-0.4, -0.2) is 5.91 Å². The molecule has 1 aromatic carbocycles. The fraction of sp³-hybridized carbons (Fsp3) is 0.500. The number of benzene rings is 1. The molecule has 1 aliphatic heterocycles. The van der Waals surface area contributed by atoms with Crippen LogP contribution in [0.1, 0.15) is 50.5 Å². The number of amides is 1. The van der Waals surface area contributed by atoms with Gasteiger partial charge in [-0.15, -0.1) is 0 Å². The van der Waals surface area contributed by atoms with Gasteiger partial charge in [0.2, 0.25) is 5.91 Å². The van der Waals surface area contributed by atoms with Gasteiger partial charge in [0.05, 0.1) is 11.6 Å². The zero-order valence-electron chi connectivity index (χ0n) is 10.4. The van der Waals surface area contributed by atoms with Gasteiger partial charge in [0, 0.05) is 4.47 Å². The Morgan fingerprint density at radius 3 is 2.83 bits per heavy atom. The van der Waals surface area contributed by atoms with E-state index in [1.807, 2.05) is 0 Å². The Bertz CT molecular complexity index is 461. The van der Waals surface area contributed by atoms with Crippen molar-refractivity contribution in [3.63, 3.8) is 0 Å². The van der Waals surface area contributed by atoms with Crippen molar-refractivity contribution < 1.29 is 9.18 Å². The average molecular weight is 314 g/mol. The molecule has 0 bridgehead atoms. The summed E-state index contributed by atoms with van der Waals surface area (Å²) in [6.07, 6.45) is 5.31. The van der Waals surface area contributed by atoms with E-state index in [9.17, 15) is 9.18 Å². The fourth-order valence-electron chi connectivity index (χ4n) is 2.41. The van der Waals surface area contributed by atoms with Crippen molar-refractivity contribution in [1.82, 2.24) is 0 Å². The Balaban J connectivity index is 2.12. The molecule has 0 radical (unpaired) electrons. The number of hydrogen-bond donors (Lipinski definition) is 1. The number of fused-ring (bicyclic) bond motifs is 1.